The van der Waals surface area contributed by atoms with Gasteiger partial charge in [-0.05, 0) is 26.7 Å². The minimum Gasteiger partial charge on any atom is -0.388 e. The quantitative estimate of drug-likeness (QED) is 0.713. The van der Waals surface area contributed by atoms with Gasteiger partial charge >= 0.3 is 0 Å². The molecular formula is C12H23NO4. The molecule has 1 rings (SSSR count). The molecule has 0 saturated carbocycles. The van der Waals surface area contributed by atoms with E-state index in [0.717, 1.165) is 12.8 Å². The zero-order valence-electron chi connectivity index (χ0n) is 10.9. The van der Waals surface area contributed by atoms with Crippen molar-refractivity contribution in [2.24, 2.45) is 0 Å². The van der Waals surface area contributed by atoms with Crippen LogP contribution in [0.25, 0.3) is 0 Å². The Labute approximate surface area is 102 Å². The van der Waals surface area contributed by atoms with Crippen molar-refractivity contribution in [1.82, 2.24) is 5.32 Å². The van der Waals surface area contributed by atoms with Gasteiger partial charge in [0.25, 0.3) is 5.91 Å². The molecule has 5 heteroatoms. The lowest BCUT2D eigenvalue weighted by Gasteiger charge is -2.27. The molecule has 0 aromatic carbocycles. The highest BCUT2D eigenvalue weighted by atomic mass is 16.5. The van der Waals surface area contributed by atoms with E-state index in [1.807, 2.05) is 0 Å². The molecule has 2 atom stereocenters. The second-order valence-corrected chi connectivity index (χ2v) is 5.11. The highest BCUT2D eigenvalue weighted by Gasteiger charge is 2.38. The third kappa shape index (κ3) is 4.26. The lowest BCUT2D eigenvalue weighted by Crippen LogP contribution is -2.49. The van der Waals surface area contributed by atoms with E-state index in [-0.39, 0.29) is 12.5 Å². The normalized spacial score (nSPS) is 27.8. The van der Waals surface area contributed by atoms with E-state index in [4.69, 9.17) is 9.47 Å². The summed E-state index contributed by atoms with van der Waals surface area (Å²) in [6, 6.07) is 0. The predicted molar refractivity (Wildman–Crippen MR) is 63.7 cm³/mol. The summed E-state index contributed by atoms with van der Waals surface area (Å²) in [5.74, 6) is -0.146. The molecule has 1 aliphatic rings. The van der Waals surface area contributed by atoms with Crippen LogP contribution in [-0.2, 0) is 14.3 Å². The highest BCUT2D eigenvalue weighted by molar-refractivity contribution is 5.85. The lowest BCUT2D eigenvalue weighted by molar-refractivity contribution is -0.140. The molecule has 0 bridgehead atoms. The fourth-order valence-corrected chi connectivity index (χ4v) is 1.83. The maximum absolute atomic E-state index is 11.9. The van der Waals surface area contributed by atoms with E-state index in [2.05, 4.69) is 5.32 Å². The van der Waals surface area contributed by atoms with Gasteiger partial charge < -0.3 is 19.9 Å². The standard InChI is InChI=1S/C12H23NO4/c1-11(15,6-8-16-3)9-13-10(14)12(2)5-4-7-17-12/h15H,4-9H2,1-3H3,(H,13,14). The molecule has 2 N–H and O–H groups in total. The summed E-state index contributed by atoms with van der Waals surface area (Å²) in [6.45, 7) is 4.79. The molecular weight excluding hydrogens is 222 g/mol. The number of hydrogen-bond donors (Lipinski definition) is 2. The van der Waals surface area contributed by atoms with E-state index in [0.29, 0.717) is 19.6 Å². The van der Waals surface area contributed by atoms with Crippen molar-refractivity contribution in [3.05, 3.63) is 0 Å². The van der Waals surface area contributed by atoms with Crippen LogP contribution in [0.1, 0.15) is 33.1 Å². The topological polar surface area (TPSA) is 67.8 Å². The average molecular weight is 245 g/mol. The number of hydrogen-bond acceptors (Lipinski definition) is 4. The van der Waals surface area contributed by atoms with Gasteiger partial charge in [-0.25, -0.2) is 0 Å². The molecule has 100 valence electrons. The molecule has 1 heterocycles. The van der Waals surface area contributed by atoms with Gasteiger partial charge in [-0.2, -0.15) is 0 Å². The molecule has 1 saturated heterocycles. The molecule has 5 nitrogen and oxygen atoms in total. The number of amides is 1. The lowest BCUT2D eigenvalue weighted by atomic mass is 9.99. The number of aliphatic hydroxyl groups is 1. The van der Waals surface area contributed by atoms with E-state index in [1.165, 1.54) is 0 Å². The first kappa shape index (κ1) is 14.4. The number of carbonyl (C=O) groups is 1. The predicted octanol–water partition coefficient (Wildman–Crippen LogP) is 0.459. The fourth-order valence-electron chi connectivity index (χ4n) is 1.83. The van der Waals surface area contributed by atoms with Gasteiger partial charge in [0.2, 0.25) is 0 Å². The second kappa shape index (κ2) is 5.80. The molecule has 0 aromatic rings. The maximum atomic E-state index is 11.9. The zero-order chi connectivity index (χ0) is 12.9. The van der Waals surface area contributed by atoms with Crippen LogP contribution < -0.4 is 5.32 Å². The van der Waals surface area contributed by atoms with Crippen LogP contribution in [0.2, 0.25) is 0 Å². The van der Waals surface area contributed by atoms with Crippen LogP contribution in [0.4, 0.5) is 0 Å². The van der Waals surface area contributed by atoms with E-state index in [9.17, 15) is 9.90 Å². The van der Waals surface area contributed by atoms with Gasteiger partial charge in [-0.1, -0.05) is 0 Å². The minimum absolute atomic E-state index is 0.146. The molecule has 1 aliphatic heterocycles. The van der Waals surface area contributed by atoms with Crippen molar-refractivity contribution in [3.63, 3.8) is 0 Å². The monoisotopic (exact) mass is 245 g/mol. The first-order valence-corrected chi connectivity index (χ1v) is 6.03. The van der Waals surface area contributed by atoms with Crippen LogP contribution in [0.3, 0.4) is 0 Å². The van der Waals surface area contributed by atoms with Crippen LogP contribution in [-0.4, -0.2) is 49.1 Å². The number of nitrogens with one attached hydrogen (secondary N) is 1. The number of ether oxygens (including phenoxy) is 2. The Balaban J connectivity index is 2.36. The van der Waals surface area contributed by atoms with Crippen molar-refractivity contribution < 1.29 is 19.4 Å². The third-order valence-electron chi connectivity index (χ3n) is 3.17. The van der Waals surface area contributed by atoms with E-state index >= 15 is 0 Å². The number of methoxy groups -OCH3 is 1. The van der Waals surface area contributed by atoms with Gasteiger partial charge in [0.15, 0.2) is 0 Å². The summed E-state index contributed by atoms with van der Waals surface area (Å²) < 4.78 is 10.3. The van der Waals surface area contributed by atoms with Crippen LogP contribution >= 0.6 is 0 Å². The second-order valence-electron chi connectivity index (χ2n) is 5.11. The number of carbonyl (C=O) groups excluding carboxylic acids is 1. The molecule has 1 amide bonds. The summed E-state index contributed by atoms with van der Waals surface area (Å²) in [6.07, 6.45) is 2.13. The van der Waals surface area contributed by atoms with Gasteiger partial charge in [0, 0.05) is 33.3 Å². The molecule has 0 aromatic heterocycles. The van der Waals surface area contributed by atoms with Crippen LogP contribution in [0, 0.1) is 0 Å². The van der Waals surface area contributed by atoms with Crippen molar-refractivity contribution in [2.45, 2.75) is 44.3 Å². The Morgan fingerprint density at radius 1 is 1.65 bits per heavy atom. The van der Waals surface area contributed by atoms with Gasteiger partial charge in [-0.15, -0.1) is 0 Å². The smallest absolute Gasteiger partial charge is 0.252 e. The highest BCUT2D eigenvalue weighted by Crippen LogP contribution is 2.25. The third-order valence-corrected chi connectivity index (χ3v) is 3.17. The first-order valence-electron chi connectivity index (χ1n) is 6.03. The van der Waals surface area contributed by atoms with Gasteiger partial charge in [0.1, 0.15) is 5.60 Å². The van der Waals surface area contributed by atoms with Gasteiger partial charge in [0.05, 0.1) is 5.60 Å². The molecule has 0 spiro atoms. The maximum Gasteiger partial charge on any atom is 0.252 e. The fraction of sp³-hybridized carbons (Fsp3) is 0.917. The van der Waals surface area contributed by atoms with E-state index < -0.39 is 11.2 Å². The SMILES string of the molecule is COCCC(C)(O)CNC(=O)C1(C)CCCO1. The van der Waals surface area contributed by atoms with Crippen molar-refractivity contribution in [1.29, 1.82) is 0 Å². The summed E-state index contributed by atoms with van der Waals surface area (Å²) >= 11 is 0. The first-order chi connectivity index (χ1) is 7.90. The Hall–Kier alpha value is -0.650. The molecule has 17 heavy (non-hydrogen) atoms. The minimum atomic E-state index is -0.944. The molecule has 0 radical (unpaired) electrons. The van der Waals surface area contributed by atoms with Crippen LogP contribution in [0.5, 0.6) is 0 Å². The Kier molecular flexibility index (Phi) is 4.91. The van der Waals surface area contributed by atoms with Crippen molar-refractivity contribution >= 4 is 5.91 Å². The average Bonchev–Trinajstić information content (AvgIpc) is 2.72. The molecule has 2 unspecified atom stereocenters. The Bertz CT molecular complexity index is 259. The Morgan fingerprint density at radius 2 is 2.35 bits per heavy atom. The summed E-state index contributed by atoms with van der Waals surface area (Å²) in [4.78, 5) is 11.9. The van der Waals surface area contributed by atoms with E-state index in [1.54, 1.807) is 21.0 Å². The van der Waals surface area contributed by atoms with Gasteiger partial charge in [-0.3, -0.25) is 4.79 Å². The molecule has 1 fully saturated rings. The summed E-state index contributed by atoms with van der Waals surface area (Å²) in [5, 5.41) is 12.7. The summed E-state index contributed by atoms with van der Waals surface area (Å²) in [7, 11) is 1.59. The Morgan fingerprint density at radius 3 is 2.88 bits per heavy atom. The number of rotatable bonds is 6. The van der Waals surface area contributed by atoms with Crippen molar-refractivity contribution in [3.8, 4) is 0 Å². The van der Waals surface area contributed by atoms with Crippen LogP contribution in [0.15, 0.2) is 0 Å². The molecule has 0 aliphatic carbocycles. The van der Waals surface area contributed by atoms with Crippen molar-refractivity contribution in [2.75, 3.05) is 26.9 Å². The zero-order valence-corrected chi connectivity index (χ0v) is 10.9. The largest absolute Gasteiger partial charge is 0.388 e. The summed E-state index contributed by atoms with van der Waals surface area (Å²) in [5.41, 5.74) is -1.67.